The first kappa shape index (κ1) is 11.0. The molecule has 0 aromatic heterocycles. The Labute approximate surface area is 86.4 Å². The summed E-state index contributed by atoms with van der Waals surface area (Å²) in [4.78, 5) is 0. The number of benzene rings is 1. The van der Waals surface area contributed by atoms with Crippen molar-refractivity contribution < 1.29 is 4.74 Å². The van der Waals surface area contributed by atoms with Crippen molar-refractivity contribution in [3.63, 3.8) is 0 Å². The fourth-order valence-corrected chi connectivity index (χ4v) is 1.42. The highest BCUT2D eigenvalue weighted by molar-refractivity contribution is 5.15. The zero-order chi connectivity index (χ0) is 10.2. The molecular formula is C13H18O. The van der Waals surface area contributed by atoms with Gasteiger partial charge in [0.05, 0.1) is 6.61 Å². The van der Waals surface area contributed by atoms with E-state index < -0.39 is 0 Å². The number of rotatable bonds is 5. The summed E-state index contributed by atoms with van der Waals surface area (Å²) in [7, 11) is 1.73. The SMILES string of the molecule is COCC(C)=CCCc1ccccc1. The molecule has 0 unspecified atom stereocenters. The van der Waals surface area contributed by atoms with E-state index in [1.54, 1.807) is 7.11 Å². The van der Waals surface area contributed by atoms with E-state index in [0.29, 0.717) is 0 Å². The van der Waals surface area contributed by atoms with Gasteiger partial charge in [0.25, 0.3) is 0 Å². The van der Waals surface area contributed by atoms with Crippen LogP contribution in [0.5, 0.6) is 0 Å². The molecule has 0 bridgehead atoms. The lowest BCUT2D eigenvalue weighted by molar-refractivity contribution is 0.225. The minimum Gasteiger partial charge on any atom is -0.380 e. The molecule has 0 fully saturated rings. The van der Waals surface area contributed by atoms with Gasteiger partial charge in [-0.15, -0.1) is 0 Å². The smallest absolute Gasteiger partial charge is 0.0670 e. The van der Waals surface area contributed by atoms with Crippen LogP contribution in [-0.4, -0.2) is 13.7 Å². The molecule has 0 aliphatic carbocycles. The van der Waals surface area contributed by atoms with Crippen LogP contribution in [0.3, 0.4) is 0 Å². The Hall–Kier alpha value is -1.08. The summed E-state index contributed by atoms with van der Waals surface area (Å²) in [5.74, 6) is 0. The summed E-state index contributed by atoms with van der Waals surface area (Å²) in [5.41, 5.74) is 2.71. The van der Waals surface area contributed by atoms with Crippen LogP contribution in [0.25, 0.3) is 0 Å². The average Bonchev–Trinajstić information content (AvgIpc) is 2.20. The highest BCUT2D eigenvalue weighted by Crippen LogP contribution is 2.04. The number of allylic oxidation sites excluding steroid dienone is 1. The van der Waals surface area contributed by atoms with E-state index in [0.717, 1.165) is 19.4 Å². The largest absolute Gasteiger partial charge is 0.380 e. The minimum absolute atomic E-state index is 0.745. The van der Waals surface area contributed by atoms with Gasteiger partial charge in [0, 0.05) is 7.11 Å². The predicted molar refractivity (Wildman–Crippen MR) is 60.4 cm³/mol. The van der Waals surface area contributed by atoms with Crippen LogP contribution < -0.4 is 0 Å². The maximum absolute atomic E-state index is 5.04. The second kappa shape index (κ2) is 6.39. The van der Waals surface area contributed by atoms with Crippen molar-refractivity contribution in [3.05, 3.63) is 47.5 Å². The maximum Gasteiger partial charge on any atom is 0.0670 e. The van der Waals surface area contributed by atoms with Gasteiger partial charge in [-0.2, -0.15) is 0 Å². The van der Waals surface area contributed by atoms with Crippen LogP contribution in [0.15, 0.2) is 42.0 Å². The first-order valence-electron chi connectivity index (χ1n) is 5.01. The molecule has 0 spiro atoms. The van der Waals surface area contributed by atoms with Crippen molar-refractivity contribution in [3.8, 4) is 0 Å². The fourth-order valence-electron chi connectivity index (χ4n) is 1.42. The van der Waals surface area contributed by atoms with Crippen LogP contribution in [0.1, 0.15) is 18.9 Å². The number of aryl methyl sites for hydroxylation is 1. The molecule has 0 N–H and O–H groups in total. The van der Waals surface area contributed by atoms with Crippen LogP contribution in [0.4, 0.5) is 0 Å². The van der Waals surface area contributed by atoms with Gasteiger partial charge in [-0.3, -0.25) is 0 Å². The third-order valence-corrected chi connectivity index (χ3v) is 2.14. The summed E-state index contributed by atoms with van der Waals surface area (Å²) in [5, 5.41) is 0. The van der Waals surface area contributed by atoms with Gasteiger partial charge < -0.3 is 4.74 Å². The van der Waals surface area contributed by atoms with Crippen LogP contribution in [0.2, 0.25) is 0 Å². The van der Waals surface area contributed by atoms with Gasteiger partial charge in [-0.25, -0.2) is 0 Å². The molecule has 76 valence electrons. The van der Waals surface area contributed by atoms with E-state index in [2.05, 4.69) is 43.3 Å². The standard InChI is InChI=1S/C13H18O/c1-12(11-14-2)7-6-10-13-8-4-3-5-9-13/h3-5,7-9H,6,10-11H2,1-2H3. The van der Waals surface area contributed by atoms with Crippen molar-refractivity contribution >= 4 is 0 Å². The molecule has 1 aromatic carbocycles. The normalized spacial score (nSPS) is 11.7. The Morgan fingerprint density at radius 1 is 1.29 bits per heavy atom. The first-order valence-corrected chi connectivity index (χ1v) is 5.01. The summed E-state index contributed by atoms with van der Waals surface area (Å²) in [6.45, 7) is 2.85. The zero-order valence-corrected chi connectivity index (χ0v) is 8.99. The third-order valence-electron chi connectivity index (χ3n) is 2.14. The summed E-state index contributed by atoms with van der Waals surface area (Å²) in [6.07, 6.45) is 4.46. The lowest BCUT2D eigenvalue weighted by atomic mass is 10.1. The Morgan fingerprint density at radius 2 is 2.00 bits per heavy atom. The van der Waals surface area contributed by atoms with Gasteiger partial charge in [-0.05, 0) is 25.3 Å². The Morgan fingerprint density at radius 3 is 2.64 bits per heavy atom. The summed E-state index contributed by atoms with van der Waals surface area (Å²) >= 11 is 0. The number of methoxy groups -OCH3 is 1. The molecule has 0 radical (unpaired) electrons. The molecule has 14 heavy (non-hydrogen) atoms. The summed E-state index contributed by atoms with van der Waals surface area (Å²) in [6, 6.07) is 10.6. The second-order valence-corrected chi connectivity index (χ2v) is 3.51. The maximum atomic E-state index is 5.04. The van der Waals surface area contributed by atoms with Crippen molar-refractivity contribution in [1.29, 1.82) is 0 Å². The molecule has 0 aliphatic rings. The third kappa shape index (κ3) is 4.24. The van der Waals surface area contributed by atoms with E-state index in [-0.39, 0.29) is 0 Å². The highest BCUT2D eigenvalue weighted by atomic mass is 16.5. The van der Waals surface area contributed by atoms with Crippen LogP contribution in [0, 0.1) is 0 Å². The average molecular weight is 190 g/mol. The molecule has 0 aliphatic heterocycles. The molecule has 0 heterocycles. The number of hydrogen-bond acceptors (Lipinski definition) is 1. The minimum atomic E-state index is 0.745. The lowest BCUT2D eigenvalue weighted by Gasteiger charge is -2.00. The molecule has 1 aromatic rings. The highest BCUT2D eigenvalue weighted by Gasteiger charge is 1.90. The van der Waals surface area contributed by atoms with E-state index in [9.17, 15) is 0 Å². The van der Waals surface area contributed by atoms with E-state index in [1.165, 1.54) is 11.1 Å². The molecule has 0 atom stereocenters. The predicted octanol–water partition coefficient (Wildman–Crippen LogP) is 3.21. The van der Waals surface area contributed by atoms with Gasteiger partial charge in [-0.1, -0.05) is 42.0 Å². The van der Waals surface area contributed by atoms with Gasteiger partial charge >= 0.3 is 0 Å². The molecular weight excluding hydrogens is 172 g/mol. The molecule has 0 saturated heterocycles. The Kier molecular flexibility index (Phi) is 5.02. The topological polar surface area (TPSA) is 9.23 Å². The van der Waals surface area contributed by atoms with E-state index >= 15 is 0 Å². The Balaban J connectivity index is 2.31. The fraction of sp³-hybridized carbons (Fsp3) is 0.385. The van der Waals surface area contributed by atoms with Crippen molar-refractivity contribution in [2.24, 2.45) is 0 Å². The van der Waals surface area contributed by atoms with E-state index in [1.807, 2.05) is 0 Å². The van der Waals surface area contributed by atoms with Crippen molar-refractivity contribution in [2.45, 2.75) is 19.8 Å². The quantitative estimate of drug-likeness (QED) is 0.648. The van der Waals surface area contributed by atoms with Crippen LogP contribution in [-0.2, 0) is 11.2 Å². The molecule has 0 amide bonds. The summed E-state index contributed by atoms with van der Waals surface area (Å²) < 4.78 is 5.04. The van der Waals surface area contributed by atoms with Crippen molar-refractivity contribution in [2.75, 3.05) is 13.7 Å². The monoisotopic (exact) mass is 190 g/mol. The molecule has 0 saturated carbocycles. The zero-order valence-electron chi connectivity index (χ0n) is 8.99. The second-order valence-electron chi connectivity index (χ2n) is 3.51. The molecule has 1 nitrogen and oxygen atoms in total. The number of ether oxygens (including phenoxy) is 1. The van der Waals surface area contributed by atoms with Crippen LogP contribution >= 0.6 is 0 Å². The number of hydrogen-bond donors (Lipinski definition) is 0. The molecule has 1 rings (SSSR count). The van der Waals surface area contributed by atoms with E-state index in [4.69, 9.17) is 4.74 Å². The lowest BCUT2D eigenvalue weighted by Crippen LogP contribution is -1.90. The first-order chi connectivity index (χ1) is 6.83. The Bertz CT molecular complexity index is 275. The van der Waals surface area contributed by atoms with Gasteiger partial charge in [0.2, 0.25) is 0 Å². The van der Waals surface area contributed by atoms with Crippen molar-refractivity contribution in [1.82, 2.24) is 0 Å². The van der Waals surface area contributed by atoms with Gasteiger partial charge in [0.1, 0.15) is 0 Å². The van der Waals surface area contributed by atoms with Gasteiger partial charge in [0.15, 0.2) is 0 Å². The molecule has 1 heteroatoms.